The van der Waals surface area contributed by atoms with Crippen molar-refractivity contribution >= 4 is 15.9 Å². The first-order valence-electron chi connectivity index (χ1n) is 4.95. The Kier molecular flexibility index (Phi) is 3.31. The number of hydrogen-bond acceptors (Lipinski definition) is 3. The van der Waals surface area contributed by atoms with Crippen LogP contribution in [0.15, 0.2) is 41.0 Å². The van der Waals surface area contributed by atoms with E-state index < -0.39 is 6.10 Å². The van der Waals surface area contributed by atoms with E-state index in [0.29, 0.717) is 5.69 Å². The molecule has 0 spiro atoms. The van der Waals surface area contributed by atoms with E-state index in [1.165, 1.54) is 0 Å². The van der Waals surface area contributed by atoms with Gasteiger partial charge in [-0.25, -0.2) is 9.97 Å². The maximum absolute atomic E-state index is 9.46. The number of hydrogen-bond donors (Lipinski definition) is 1. The van der Waals surface area contributed by atoms with E-state index in [4.69, 9.17) is 0 Å². The fraction of sp³-hybridized carbons (Fsp3) is 0.167. The second-order valence-corrected chi connectivity index (χ2v) is 4.28. The van der Waals surface area contributed by atoms with Crippen LogP contribution >= 0.6 is 15.9 Å². The van der Waals surface area contributed by atoms with Gasteiger partial charge in [0, 0.05) is 0 Å². The van der Waals surface area contributed by atoms with Gasteiger partial charge in [-0.2, -0.15) is 0 Å². The summed E-state index contributed by atoms with van der Waals surface area (Å²) in [5, 5.41) is 9.46. The van der Waals surface area contributed by atoms with Crippen molar-refractivity contribution in [3.05, 3.63) is 46.7 Å². The first kappa shape index (κ1) is 11.2. The molecular formula is C12H11BrN2O. The van der Waals surface area contributed by atoms with Gasteiger partial charge in [0.2, 0.25) is 0 Å². The molecule has 3 nitrogen and oxygen atoms in total. The maximum atomic E-state index is 9.46. The second kappa shape index (κ2) is 4.72. The molecule has 4 heteroatoms. The third kappa shape index (κ3) is 2.46. The number of aromatic nitrogens is 2. The number of rotatable bonds is 2. The zero-order valence-electron chi connectivity index (χ0n) is 8.76. The molecule has 0 saturated heterocycles. The Bertz CT molecular complexity index is 500. The van der Waals surface area contributed by atoms with E-state index in [9.17, 15) is 5.11 Å². The highest BCUT2D eigenvalue weighted by Crippen LogP contribution is 2.19. The van der Waals surface area contributed by atoms with Gasteiger partial charge in [0.1, 0.15) is 4.60 Å². The summed E-state index contributed by atoms with van der Waals surface area (Å²) in [5.41, 5.74) is 2.20. The van der Waals surface area contributed by atoms with Crippen molar-refractivity contribution in [2.45, 2.75) is 13.0 Å². The molecule has 0 radical (unpaired) electrons. The highest BCUT2D eigenvalue weighted by atomic mass is 79.9. The molecule has 1 N–H and O–H groups in total. The van der Waals surface area contributed by atoms with Crippen LogP contribution < -0.4 is 0 Å². The van der Waals surface area contributed by atoms with Crippen molar-refractivity contribution in [1.29, 1.82) is 0 Å². The van der Waals surface area contributed by atoms with Gasteiger partial charge < -0.3 is 5.11 Å². The van der Waals surface area contributed by atoms with Crippen LogP contribution in [0.5, 0.6) is 0 Å². The van der Waals surface area contributed by atoms with Crippen LogP contribution in [0.3, 0.4) is 0 Å². The summed E-state index contributed by atoms with van der Waals surface area (Å²) < 4.78 is 0.772. The Balaban J connectivity index is 2.44. The average Bonchev–Trinajstić information content (AvgIpc) is 2.29. The summed E-state index contributed by atoms with van der Waals surface area (Å²) in [4.78, 5) is 8.67. The van der Waals surface area contributed by atoms with Crippen LogP contribution in [0.1, 0.15) is 18.7 Å². The fourth-order valence-electron chi connectivity index (χ4n) is 1.38. The molecule has 2 rings (SSSR count). The average molecular weight is 279 g/mol. The molecular weight excluding hydrogens is 268 g/mol. The quantitative estimate of drug-likeness (QED) is 0.860. The van der Waals surface area contributed by atoms with Crippen molar-refractivity contribution in [3.8, 4) is 11.4 Å². The number of pyridine rings is 2. The van der Waals surface area contributed by atoms with Crippen LogP contribution in [-0.4, -0.2) is 15.1 Å². The lowest BCUT2D eigenvalue weighted by atomic mass is 10.2. The molecule has 16 heavy (non-hydrogen) atoms. The van der Waals surface area contributed by atoms with E-state index in [1.807, 2.05) is 30.3 Å². The molecule has 0 saturated carbocycles. The van der Waals surface area contributed by atoms with E-state index in [1.54, 1.807) is 13.0 Å². The van der Waals surface area contributed by atoms with E-state index in [2.05, 4.69) is 25.9 Å². The number of aliphatic hydroxyl groups excluding tert-OH is 1. The van der Waals surface area contributed by atoms with Crippen LogP contribution in [0.2, 0.25) is 0 Å². The van der Waals surface area contributed by atoms with Crippen LogP contribution in [0.25, 0.3) is 11.4 Å². The van der Waals surface area contributed by atoms with Crippen molar-refractivity contribution in [3.63, 3.8) is 0 Å². The number of halogens is 1. The number of nitrogens with zero attached hydrogens (tertiary/aromatic N) is 2. The lowest BCUT2D eigenvalue weighted by Gasteiger charge is -2.06. The molecule has 1 atom stereocenters. The molecule has 0 fully saturated rings. The Morgan fingerprint density at radius 2 is 1.69 bits per heavy atom. The van der Waals surface area contributed by atoms with E-state index in [0.717, 1.165) is 16.0 Å². The Morgan fingerprint density at radius 3 is 2.31 bits per heavy atom. The normalized spacial score (nSPS) is 12.4. The molecule has 0 aliphatic heterocycles. The van der Waals surface area contributed by atoms with Gasteiger partial charge >= 0.3 is 0 Å². The predicted octanol–water partition coefficient (Wildman–Crippen LogP) is 2.96. The summed E-state index contributed by atoms with van der Waals surface area (Å²) in [7, 11) is 0. The summed E-state index contributed by atoms with van der Waals surface area (Å²) in [5.74, 6) is 0. The van der Waals surface area contributed by atoms with E-state index >= 15 is 0 Å². The smallest absolute Gasteiger partial charge is 0.106 e. The summed E-state index contributed by atoms with van der Waals surface area (Å²) in [6.07, 6.45) is -0.563. The molecule has 2 heterocycles. The van der Waals surface area contributed by atoms with Crippen LogP contribution in [-0.2, 0) is 0 Å². The van der Waals surface area contributed by atoms with Crippen molar-refractivity contribution < 1.29 is 5.11 Å². The molecule has 0 aliphatic rings. The van der Waals surface area contributed by atoms with Crippen molar-refractivity contribution in [2.24, 2.45) is 0 Å². The maximum Gasteiger partial charge on any atom is 0.106 e. The van der Waals surface area contributed by atoms with E-state index in [-0.39, 0.29) is 0 Å². The minimum Gasteiger partial charge on any atom is -0.387 e. The molecule has 0 aliphatic carbocycles. The minimum absolute atomic E-state index is 0.563. The lowest BCUT2D eigenvalue weighted by Crippen LogP contribution is -1.97. The van der Waals surface area contributed by atoms with Gasteiger partial charge in [-0.15, -0.1) is 0 Å². The van der Waals surface area contributed by atoms with Crippen LogP contribution in [0.4, 0.5) is 0 Å². The molecule has 0 bridgehead atoms. The van der Waals surface area contributed by atoms with Gasteiger partial charge in [-0.3, -0.25) is 0 Å². The predicted molar refractivity (Wildman–Crippen MR) is 65.8 cm³/mol. The SMILES string of the molecule is CC(O)c1cccc(-c2cccc(Br)n2)n1. The van der Waals surface area contributed by atoms with Crippen molar-refractivity contribution in [1.82, 2.24) is 9.97 Å². The van der Waals surface area contributed by atoms with Gasteiger partial charge in [0.15, 0.2) is 0 Å². The largest absolute Gasteiger partial charge is 0.387 e. The molecule has 2 aromatic rings. The molecule has 0 amide bonds. The summed E-state index contributed by atoms with van der Waals surface area (Å²) in [6.45, 7) is 1.69. The van der Waals surface area contributed by atoms with Gasteiger partial charge in [0.25, 0.3) is 0 Å². The molecule has 82 valence electrons. The summed E-state index contributed by atoms with van der Waals surface area (Å²) >= 11 is 3.32. The van der Waals surface area contributed by atoms with Gasteiger partial charge in [-0.1, -0.05) is 12.1 Å². The fourth-order valence-corrected chi connectivity index (χ4v) is 1.72. The third-order valence-electron chi connectivity index (χ3n) is 2.18. The van der Waals surface area contributed by atoms with Gasteiger partial charge in [-0.05, 0) is 47.1 Å². The van der Waals surface area contributed by atoms with Crippen molar-refractivity contribution in [2.75, 3.05) is 0 Å². The zero-order valence-corrected chi connectivity index (χ0v) is 10.3. The number of aliphatic hydroxyl groups is 1. The molecule has 1 unspecified atom stereocenters. The molecule has 0 aromatic carbocycles. The Morgan fingerprint density at radius 1 is 1.06 bits per heavy atom. The molecule has 2 aromatic heterocycles. The summed E-state index contributed by atoms with van der Waals surface area (Å²) in [6, 6.07) is 11.2. The first-order chi connectivity index (χ1) is 7.66. The lowest BCUT2D eigenvalue weighted by molar-refractivity contribution is 0.194. The highest BCUT2D eigenvalue weighted by Gasteiger charge is 2.06. The third-order valence-corrected chi connectivity index (χ3v) is 2.62. The van der Waals surface area contributed by atoms with Crippen LogP contribution in [0, 0.1) is 0 Å². The highest BCUT2D eigenvalue weighted by molar-refractivity contribution is 9.10. The first-order valence-corrected chi connectivity index (χ1v) is 5.74. The Labute approximate surface area is 102 Å². The van der Waals surface area contributed by atoms with Gasteiger partial charge in [0.05, 0.1) is 23.2 Å². The topological polar surface area (TPSA) is 46.0 Å². The second-order valence-electron chi connectivity index (χ2n) is 3.47. The minimum atomic E-state index is -0.563. The monoisotopic (exact) mass is 278 g/mol. The standard InChI is InChI=1S/C12H11BrN2O/c1-8(16)9-4-2-5-10(14-9)11-6-3-7-12(13)15-11/h2-8,16H,1H3. The Hall–Kier alpha value is -1.26. The zero-order chi connectivity index (χ0) is 11.5.